The third-order valence-corrected chi connectivity index (χ3v) is 6.34. The molecule has 0 aliphatic carbocycles. The van der Waals surface area contributed by atoms with Gasteiger partial charge < -0.3 is 21.6 Å². The zero-order valence-electron chi connectivity index (χ0n) is 20.4. The lowest BCUT2D eigenvalue weighted by Gasteiger charge is -2.41. The van der Waals surface area contributed by atoms with Crippen molar-refractivity contribution in [2.24, 2.45) is 0 Å². The number of rotatable bonds is 5. The van der Waals surface area contributed by atoms with E-state index in [1.54, 1.807) is 22.7 Å². The van der Waals surface area contributed by atoms with E-state index >= 15 is 0 Å². The Morgan fingerprint density at radius 1 is 1.13 bits per heavy atom. The molecule has 0 saturated carbocycles. The second-order valence-electron chi connectivity index (χ2n) is 8.98. The van der Waals surface area contributed by atoms with Crippen molar-refractivity contribution in [2.75, 3.05) is 21.4 Å². The molecule has 196 valence electrons. The number of hydrogen-bond donors (Lipinski definition) is 4. The quantitative estimate of drug-likeness (QED) is 0.302. The number of halogens is 3. The molecule has 1 aliphatic rings. The molecule has 0 fully saturated rings. The second-order valence-corrected chi connectivity index (χ2v) is 8.98. The van der Waals surface area contributed by atoms with Crippen molar-refractivity contribution in [1.82, 2.24) is 14.6 Å². The lowest BCUT2D eigenvalue weighted by Crippen LogP contribution is -2.59. The topological polar surface area (TPSA) is 121 Å². The molecule has 12 heteroatoms. The number of benzene rings is 2. The first-order valence-corrected chi connectivity index (χ1v) is 11.7. The van der Waals surface area contributed by atoms with E-state index in [1.807, 2.05) is 43.3 Å². The molecule has 0 saturated heterocycles. The van der Waals surface area contributed by atoms with Gasteiger partial charge in [-0.15, -0.1) is 0 Å². The van der Waals surface area contributed by atoms with Gasteiger partial charge >= 0.3 is 6.18 Å². The maximum atomic E-state index is 13.6. The normalized spacial score (nSPS) is 16.1. The molecule has 38 heavy (non-hydrogen) atoms. The highest BCUT2D eigenvalue weighted by Gasteiger charge is 2.38. The summed E-state index contributed by atoms with van der Waals surface area (Å²) >= 11 is 0. The molecule has 1 unspecified atom stereocenters. The number of nitrogen functional groups attached to an aromatic ring is 1. The van der Waals surface area contributed by atoms with E-state index in [4.69, 9.17) is 5.73 Å². The summed E-state index contributed by atoms with van der Waals surface area (Å²) in [5.74, 6) is -0.742. The summed E-state index contributed by atoms with van der Waals surface area (Å²) < 4.78 is 42.0. The van der Waals surface area contributed by atoms with E-state index in [-0.39, 0.29) is 28.7 Å². The Kier molecular flexibility index (Phi) is 6.09. The number of phenols is 1. The molecule has 0 spiro atoms. The van der Waals surface area contributed by atoms with E-state index < -0.39 is 29.7 Å². The second kappa shape index (κ2) is 9.29. The number of carbonyl (C=O) groups is 1. The molecule has 5 N–H and O–H groups in total. The van der Waals surface area contributed by atoms with Gasteiger partial charge in [-0.3, -0.25) is 14.4 Å². The van der Waals surface area contributed by atoms with Gasteiger partial charge in [-0.2, -0.15) is 13.2 Å². The number of nitrogens with zero attached hydrogens (tertiary/aromatic N) is 4. The molecule has 1 aliphatic heterocycles. The van der Waals surface area contributed by atoms with Crippen LogP contribution in [0.4, 0.5) is 30.5 Å². The number of anilines is 3. The van der Waals surface area contributed by atoms with Crippen LogP contribution >= 0.6 is 0 Å². The summed E-state index contributed by atoms with van der Waals surface area (Å²) in [6.45, 7) is 3.64. The number of aromatic nitrogens is 3. The zero-order chi connectivity index (χ0) is 27.2. The Hall–Kier alpha value is -4.74. The maximum absolute atomic E-state index is 13.6. The molecule has 2 aromatic carbocycles. The predicted octanol–water partition coefficient (Wildman–Crippen LogP) is 4.59. The van der Waals surface area contributed by atoms with Gasteiger partial charge in [0.25, 0.3) is 5.91 Å². The molecule has 0 bridgehead atoms. The summed E-state index contributed by atoms with van der Waals surface area (Å²) in [5.41, 5.74) is 10.4. The number of fused-ring (bicyclic) bond motifs is 1. The molecule has 4 aromatic rings. The standard InChI is InChI=1S/C26H24F3N7O2/c1-14-8-9-35-21(14)25(38)36(18-6-4-3-5-7-18)24(34-35)15(2)33-23-20(22(30)31-13-32-23)16-10-17(26(27,28)29)12-19(37)11-16/h3-13,15,24,34,37H,1-2H3,(H3,30,31,32,33)/t15-,24?/m0/s1. The number of carbonyl (C=O) groups excluding carboxylic acids is 1. The van der Waals surface area contributed by atoms with Crippen LogP contribution in [0.1, 0.15) is 28.5 Å². The van der Waals surface area contributed by atoms with Gasteiger partial charge in [0.1, 0.15) is 35.6 Å². The molecule has 2 aromatic heterocycles. The Balaban J connectivity index is 1.55. The van der Waals surface area contributed by atoms with Crippen LogP contribution in [-0.2, 0) is 6.18 Å². The number of amides is 1. The van der Waals surface area contributed by atoms with E-state index in [1.165, 1.54) is 6.33 Å². The molecule has 2 atom stereocenters. The number of aromatic hydroxyl groups is 1. The largest absolute Gasteiger partial charge is 0.508 e. The van der Waals surface area contributed by atoms with Crippen LogP contribution in [0, 0.1) is 6.92 Å². The van der Waals surface area contributed by atoms with Gasteiger partial charge in [-0.25, -0.2) is 9.97 Å². The fraction of sp³-hybridized carbons (Fsp3) is 0.192. The van der Waals surface area contributed by atoms with E-state index in [0.717, 1.165) is 17.7 Å². The van der Waals surface area contributed by atoms with Crippen molar-refractivity contribution in [2.45, 2.75) is 32.2 Å². The average molecular weight is 524 g/mol. The lowest BCUT2D eigenvalue weighted by atomic mass is 10.0. The Morgan fingerprint density at radius 3 is 2.58 bits per heavy atom. The van der Waals surface area contributed by atoms with Crippen LogP contribution in [0.3, 0.4) is 0 Å². The number of alkyl halides is 3. The summed E-state index contributed by atoms with van der Waals surface area (Å²) in [4.78, 5) is 23.4. The summed E-state index contributed by atoms with van der Waals surface area (Å²) in [7, 11) is 0. The Bertz CT molecular complexity index is 1500. The van der Waals surface area contributed by atoms with Crippen LogP contribution in [-0.4, -0.2) is 37.9 Å². The Morgan fingerprint density at radius 2 is 1.87 bits per heavy atom. The molecule has 5 rings (SSSR count). The van der Waals surface area contributed by atoms with E-state index in [0.29, 0.717) is 17.4 Å². The molecule has 3 heterocycles. The van der Waals surface area contributed by atoms with Crippen LogP contribution < -0.4 is 21.4 Å². The van der Waals surface area contributed by atoms with Crippen molar-refractivity contribution in [3.63, 3.8) is 0 Å². The number of nitrogens with two attached hydrogens (primary N) is 1. The van der Waals surface area contributed by atoms with Gasteiger partial charge in [0, 0.05) is 11.9 Å². The third kappa shape index (κ3) is 4.44. The first-order chi connectivity index (χ1) is 18.0. The molecular formula is C26H24F3N7O2. The monoisotopic (exact) mass is 523 g/mol. The predicted molar refractivity (Wildman–Crippen MR) is 137 cm³/mol. The lowest BCUT2D eigenvalue weighted by molar-refractivity contribution is -0.137. The van der Waals surface area contributed by atoms with Gasteiger partial charge in [-0.05, 0) is 61.4 Å². The van der Waals surface area contributed by atoms with E-state index in [9.17, 15) is 23.1 Å². The summed E-state index contributed by atoms with van der Waals surface area (Å²) in [5, 5.41) is 13.2. The van der Waals surface area contributed by atoms with Crippen molar-refractivity contribution in [3.05, 3.63) is 83.9 Å². The van der Waals surface area contributed by atoms with Gasteiger partial charge in [-0.1, -0.05) is 18.2 Å². The van der Waals surface area contributed by atoms with Crippen LogP contribution in [0.2, 0.25) is 0 Å². The number of aryl methyl sites for hydroxylation is 1. The van der Waals surface area contributed by atoms with E-state index in [2.05, 4.69) is 20.7 Å². The number of para-hydroxylation sites is 1. The average Bonchev–Trinajstić information content (AvgIpc) is 3.24. The van der Waals surface area contributed by atoms with Crippen LogP contribution in [0.5, 0.6) is 5.75 Å². The third-order valence-electron chi connectivity index (χ3n) is 6.34. The van der Waals surface area contributed by atoms with Crippen molar-refractivity contribution < 1.29 is 23.1 Å². The van der Waals surface area contributed by atoms with Gasteiger partial charge in [0.15, 0.2) is 0 Å². The zero-order valence-corrected chi connectivity index (χ0v) is 20.4. The summed E-state index contributed by atoms with van der Waals surface area (Å²) in [6.07, 6.45) is -2.38. The van der Waals surface area contributed by atoms with Crippen molar-refractivity contribution >= 4 is 23.2 Å². The fourth-order valence-electron chi connectivity index (χ4n) is 4.56. The minimum absolute atomic E-state index is 0.0129. The van der Waals surface area contributed by atoms with Crippen LogP contribution in [0.15, 0.2) is 67.1 Å². The smallest absolute Gasteiger partial charge is 0.416 e. The minimum atomic E-state index is -4.69. The van der Waals surface area contributed by atoms with Gasteiger partial charge in [0.05, 0.1) is 17.2 Å². The fourth-order valence-corrected chi connectivity index (χ4v) is 4.56. The highest BCUT2D eigenvalue weighted by Crippen LogP contribution is 2.39. The molecule has 1 amide bonds. The van der Waals surface area contributed by atoms with Crippen LogP contribution in [0.25, 0.3) is 11.1 Å². The number of hydrogen-bond acceptors (Lipinski definition) is 7. The summed E-state index contributed by atoms with van der Waals surface area (Å²) in [6, 6.07) is 13.1. The molecular weight excluding hydrogens is 499 g/mol. The van der Waals surface area contributed by atoms with Crippen molar-refractivity contribution in [3.8, 4) is 16.9 Å². The first kappa shape index (κ1) is 24.9. The highest BCUT2D eigenvalue weighted by molar-refractivity contribution is 6.07. The Labute approximate surface area is 215 Å². The first-order valence-electron chi connectivity index (χ1n) is 11.7. The number of nitrogens with one attached hydrogen (secondary N) is 2. The maximum Gasteiger partial charge on any atom is 0.416 e. The molecule has 0 radical (unpaired) electrons. The molecule has 9 nitrogen and oxygen atoms in total. The highest BCUT2D eigenvalue weighted by atomic mass is 19.4. The van der Waals surface area contributed by atoms with Crippen molar-refractivity contribution in [1.29, 1.82) is 0 Å². The minimum Gasteiger partial charge on any atom is -0.508 e. The number of phenolic OH excluding ortho intramolecular Hbond substituents is 1. The SMILES string of the molecule is Cc1ccn2c1C(=O)N(c1ccccc1)C([C@H](C)Nc1ncnc(N)c1-c1cc(O)cc(C(F)(F)F)c1)N2. The van der Waals surface area contributed by atoms with Gasteiger partial charge in [0.2, 0.25) is 0 Å².